The molecule has 1 aliphatic heterocycles. The second kappa shape index (κ2) is 6.94. The maximum Gasteiger partial charge on any atom is 0.318 e. The summed E-state index contributed by atoms with van der Waals surface area (Å²) in [5.74, 6) is 0. The van der Waals surface area contributed by atoms with Crippen molar-refractivity contribution < 1.29 is 4.54 Å². The van der Waals surface area contributed by atoms with Gasteiger partial charge in [0.1, 0.15) is 6.20 Å². The summed E-state index contributed by atoms with van der Waals surface area (Å²) < 4.78 is 2.73. The van der Waals surface area contributed by atoms with Crippen molar-refractivity contribution in [2.24, 2.45) is 0 Å². The molecular formula is C19H20ClN4O+. The van der Waals surface area contributed by atoms with Crippen LogP contribution in [0.1, 0.15) is 24.0 Å². The van der Waals surface area contributed by atoms with Crippen molar-refractivity contribution in [3.8, 4) is 0 Å². The molecule has 1 aliphatic rings. The standard InChI is InChI=1S/C19H20ClN4O/c20-16-5-3-14(4-6-16)10-15-12-23(13-17-2-1-8-22-17)24(25)19-11-21-9-7-18(15)19/h3-7,9,11-12,17,22H,1-2,8,10,13H2/q+1/t17-/m1/s1. The van der Waals surface area contributed by atoms with E-state index < -0.39 is 0 Å². The van der Waals surface area contributed by atoms with Gasteiger partial charge in [-0.1, -0.05) is 23.7 Å². The third kappa shape index (κ3) is 3.43. The number of nitrogens with one attached hydrogen (secondary N) is 1. The molecule has 128 valence electrons. The molecule has 3 heterocycles. The Hall–Kier alpha value is -2.24. The Morgan fingerprint density at radius 1 is 1.28 bits per heavy atom. The first-order valence-corrected chi connectivity index (χ1v) is 8.95. The number of rotatable bonds is 4. The van der Waals surface area contributed by atoms with Gasteiger partial charge in [-0.15, -0.1) is 4.68 Å². The van der Waals surface area contributed by atoms with Crippen LogP contribution < -0.4 is 9.86 Å². The van der Waals surface area contributed by atoms with E-state index in [1.54, 1.807) is 17.1 Å². The molecule has 0 aliphatic carbocycles. The molecule has 1 N–H and O–H groups in total. The summed E-state index contributed by atoms with van der Waals surface area (Å²) in [4.78, 5) is 16.9. The fraction of sp³-hybridized carbons (Fsp3) is 0.316. The van der Waals surface area contributed by atoms with Crippen LogP contribution in [0.25, 0.3) is 10.9 Å². The Kier molecular flexibility index (Phi) is 4.51. The number of benzene rings is 1. The maximum absolute atomic E-state index is 12.8. The topological polar surface area (TPSA) is 52.8 Å². The summed E-state index contributed by atoms with van der Waals surface area (Å²) in [7, 11) is 0. The molecule has 1 aromatic carbocycles. The molecule has 1 fully saturated rings. The van der Waals surface area contributed by atoms with Crippen LogP contribution in [0.4, 0.5) is 0 Å². The normalized spacial score (nSPS) is 17.2. The fourth-order valence-corrected chi connectivity index (χ4v) is 3.60. The van der Waals surface area contributed by atoms with E-state index in [1.165, 1.54) is 0 Å². The van der Waals surface area contributed by atoms with Crippen LogP contribution in [-0.2, 0) is 13.0 Å². The first kappa shape index (κ1) is 16.2. The van der Waals surface area contributed by atoms with E-state index in [4.69, 9.17) is 11.6 Å². The van der Waals surface area contributed by atoms with Gasteiger partial charge in [-0.2, -0.15) is 0 Å². The maximum atomic E-state index is 12.8. The average molecular weight is 356 g/mol. The summed E-state index contributed by atoms with van der Waals surface area (Å²) in [5, 5.41) is 5.12. The second-order valence-electron chi connectivity index (χ2n) is 6.54. The minimum atomic E-state index is 0.350. The lowest BCUT2D eigenvalue weighted by Crippen LogP contribution is -2.38. The van der Waals surface area contributed by atoms with Gasteiger partial charge in [0, 0.05) is 17.3 Å². The van der Waals surface area contributed by atoms with Crippen molar-refractivity contribution in [3.05, 3.63) is 70.0 Å². The van der Waals surface area contributed by atoms with Crippen molar-refractivity contribution in [2.75, 3.05) is 6.54 Å². The smallest absolute Gasteiger partial charge is 0.312 e. The number of hydrogen-bond acceptors (Lipinski definition) is 3. The van der Waals surface area contributed by atoms with Gasteiger partial charge < -0.3 is 5.32 Å². The SMILES string of the molecule is O=[n+]1c2cnccc2c(Cc2ccc(Cl)cc2)cn1C[C@H]1CCCN1. The number of halogens is 1. The molecule has 1 atom stereocenters. The summed E-state index contributed by atoms with van der Waals surface area (Å²) in [6.07, 6.45) is 8.37. The zero-order valence-corrected chi connectivity index (χ0v) is 14.6. The Balaban J connectivity index is 1.77. The van der Waals surface area contributed by atoms with E-state index in [9.17, 15) is 4.91 Å². The highest BCUT2D eigenvalue weighted by molar-refractivity contribution is 6.30. The molecule has 2 aromatic heterocycles. The van der Waals surface area contributed by atoms with E-state index in [-0.39, 0.29) is 0 Å². The molecule has 25 heavy (non-hydrogen) atoms. The molecule has 4 rings (SSSR count). The van der Waals surface area contributed by atoms with Crippen molar-refractivity contribution in [3.63, 3.8) is 0 Å². The number of aromatic nitrogens is 3. The minimum absolute atomic E-state index is 0.350. The molecule has 6 heteroatoms. The van der Waals surface area contributed by atoms with Crippen LogP contribution in [0.2, 0.25) is 5.02 Å². The lowest BCUT2D eigenvalue weighted by atomic mass is 10.0. The third-order valence-corrected chi connectivity index (χ3v) is 5.02. The molecule has 1 saturated heterocycles. The number of nitrogens with zero attached hydrogens (tertiary/aromatic N) is 3. The number of pyridine rings is 1. The highest BCUT2D eigenvalue weighted by atomic mass is 35.5. The van der Waals surface area contributed by atoms with Crippen LogP contribution in [0, 0.1) is 4.91 Å². The van der Waals surface area contributed by atoms with Crippen molar-refractivity contribution >= 4 is 22.5 Å². The Bertz CT molecular complexity index is 946. The molecule has 3 aromatic rings. The summed E-state index contributed by atoms with van der Waals surface area (Å²) in [6.45, 7) is 1.69. The van der Waals surface area contributed by atoms with Gasteiger partial charge in [-0.25, -0.2) is 0 Å². The monoisotopic (exact) mass is 355 g/mol. The fourth-order valence-electron chi connectivity index (χ4n) is 3.48. The lowest BCUT2D eigenvalue weighted by molar-refractivity contribution is -0.573. The molecular weight excluding hydrogens is 336 g/mol. The van der Waals surface area contributed by atoms with Crippen LogP contribution >= 0.6 is 11.6 Å². The Labute approximate surface area is 150 Å². The molecule has 0 bridgehead atoms. The van der Waals surface area contributed by atoms with Crippen molar-refractivity contribution in [1.29, 1.82) is 0 Å². The van der Waals surface area contributed by atoms with Crippen LogP contribution in [0.3, 0.4) is 0 Å². The van der Waals surface area contributed by atoms with Gasteiger partial charge in [0.15, 0.2) is 4.54 Å². The minimum Gasteiger partial charge on any atom is -0.312 e. The highest BCUT2D eigenvalue weighted by Crippen LogP contribution is 2.19. The number of hydrogen-bond donors (Lipinski definition) is 1. The molecule has 0 saturated carbocycles. The summed E-state index contributed by atoms with van der Waals surface area (Å²) in [6, 6.07) is 10.1. The van der Waals surface area contributed by atoms with Crippen molar-refractivity contribution in [2.45, 2.75) is 31.8 Å². The van der Waals surface area contributed by atoms with Gasteiger partial charge in [-0.3, -0.25) is 4.98 Å². The first-order valence-electron chi connectivity index (χ1n) is 8.57. The van der Waals surface area contributed by atoms with Crippen LogP contribution in [0.15, 0.2) is 48.9 Å². The van der Waals surface area contributed by atoms with Gasteiger partial charge in [0.2, 0.25) is 0 Å². The van der Waals surface area contributed by atoms with Gasteiger partial charge in [0.05, 0.1) is 23.0 Å². The van der Waals surface area contributed by atoms with Gasteiger partial charge >= 0.3 is 5.52 Å². The average Bonchev–Trinajstić information content (AvgIpc) is 3.14. The Morgan fingerprint density at radius 2 is 2.12 bits per heavy atom. The van der Waals surface area contributed by atoms with Crippen molar-refractivity contribution in [1.82, 2.24) is 15.0 Å². The van der Waals surface area contributed by atoms with Gasteiger partial charge in [0.25, 0.3) is 0 Å². The zero-order valence-electron chi connectivity index (χ0n) is 13.9. The lowest BCUT2D eigenvalue weighted by Gasteiger charge is -2.10. The molecule has 0 spiro atoms. The molecule has 0 radical (unpaired) electrons. The third-order valence-electron chi connectivity index (χ3n) is 4.77. The van der Waals surface area contributed by atoms with E-state index >= 15 is 0 Å². The Morgan fingerprint density at radius 3 is 2.88 bits per heavy atom. The van der Waals surface area contributed by atoms with E-state index in [2.05, 4.69) is 10.3 Å². The predicted molar refractivity (Wildman–Crippen MR) is 98.4 cm³/mol. The van der Waals surface area contributed by atoms with Crippen LogP contribution in [-0.4, -0.2) is 22.3 Å². The molecule has 5 nitrogen and oxygen atoms in total. The second-order valence-corrected chi connectivity index (χ2v) is 6.98. The first-order chi connectivity index (χ1) is 12.2. The summed E-state index contributed by atoms with van der Waals surface area (Å²) >= 11 is 5.99. The highest BCUT2D eigenvalue weighted by Gasteiger charge is 2.21. The quantitative estimate of drug-likeness (QED) is 0.732. The molecule has 0 amide bonds. The summed E-state index contributed by atoms with van der Waals surface area (Å²) in [5.41, 5.74) is 2.88. The van der Waals surface area contributed by atoms with E-state index in [0.29, 0.717) is 18.1 Å². The molecule has 0 unspecified atom stereocenters. The zero-order chi connectivity index (χ0) is 17.2. The largest absolute Gasteiger partial charge is 0.318 e. The van der Waals surface area contributed by atoms with E-state index in [0.717, 1.165) is 51.9 Å². The van der Waals surface area contributed by atoms with E-state index in [1.807, 2.05) is 36.5 Å². The van der Waals surface area contributed by atoms with Crippen LogP contribution in [0.5, 0.6) is 0 Å². The van der Waals surface area contributed by atoms with Gasteiger partial charge in [-0.05, 0) is 55.1 Å². The predicted octanol–water partition coefficient (Wildman–Crippen LogP) is 2.95. The number of fused-ring (bicyclic) bond motifs is 1.